The second kappa shape index (κ2) is 17.2. The van der Waals surface area contributed by atoms with E-state index in [-0.39, 0.29) is 0 Å². The van der Waals surface area contributed by atoms with E-state index in [4.69, 9.17) is 19.2 Å². The summed E-state index contributed by atoms with van der Waals surface area (Å²) < 4.78 is 16.8. The Labute approximate surface area is 173 Å². The van der Waals surface area contributed by atoms with Crippen molar-refractivity contribution < 1.29 is 22.9 Å². The fraction of sp³-hybridized carbons (Fsp3) is 0.857. The van der Waals surface area contributed by atoms with Crippen molar-refractivity contribution in [2.45, 2.75) is 97.3 Å². The van der Waals surface area contributed by atoms with Gasteiger partial charge in [-0.25, -0.2) is 4.79 Å². The standard InChI is InChI=1S/C21H43NO5Si/c1-6-8-9-10-11-12-13-14-15-16-18-19(21(23)27-22)20(17-7-2)28(24-3,25-4)26-5/h6-18,22H2,1-5H3. The van der Waals surface area contributed by atoms with Crippen LogP contribution in [-0.4, -0.2) is 36.1 Å². The van der Waals surface area contributed by atoms with Gasteiger partial charge in [-0.15, -0.1) is 0 Å². The summed E-state index contributed by atoms with van der Waals surface area (Å²) in [5.74, 6) is 4.69. The molecule has 0 saturated heterocycles. The topological polar surface area (TPSA) is 80.0 Å². The van der Waals surface area contributed by atoms with Gasteiger partial charge in [-0.3, -0.25) is 0 Å². The van der Waals surface area contributed by atoms with Crippen molar-refractivity contribution >= 4 is 14.8 Å². The minimum absolute atomic E-state index is 0.512. The molecular weight excluding hydrogens is 374 g/mol. The van der Waals surface area contributed by atoms with E-state index >= 15 is 0 Å². The zero-order valence-corrected chi connectivity index (χ0v) is 19.8. The normalized spacial score (nSPS) is 12.8. The lowest BCUT2D eigenvalue weighted by Gasteiger charge is -2.28. The molecule has 0 atom stereocenters. The van der Waals surface area contributed by atoms with Crippen LogP contribution in [0.4, 0.5) is 0 Å². The van der Waals surface area contributed by atoms with Crippen molar-refractivity contribution in [1.29, 1.82) is 0 Å². The van der Waals surface area contributed by atoms with Gasteiger partial charge in [0.25, 0.3) is 0 Å². The van der Waals surface area contributed by atoms with Gasteiger partial charge >= 0.3 is 14.8 Å². The summed E-state index contributed by atoms with van der Waals surface area (Å²) >= 11 is 0. The smallest absolute Gasteiger partial charge is 0.374 e. The van der Waals surface area contributed by atoms with Crippen LogP contribution in [0.1, 0.15) is 97.3 Å². The highest BCUT2D eigenvalue weighted by Gasteiger charge is 2.45. The third-order valence-electron chi connectivity index (χ3n) is 5.17. The Kier molecular flexibility index (Phi) is 16.7. The molecule has 0 spiro atoms. The van der Waals surface area contributed by atoms with E-state index in [2.05, 4.69) is 11.8 Å². The molecule has 0 aliphatic rings. The summed E-state index contributed by atoms with van der Waals surface area (Å²) in [7, 11) is 1.59. The zero-order chi connectivity index (χ0) is 21.3. The van der Waals surface area contributed by atoms with Gasteiger partial charge in [-0.2, -0.15) is 5.90 Å². The van der Waals surface area contributed by atoms with E-state index in [1.807, 2.05) is 6.92 Å². The molecule has 0 aliphatic heterocycles. The molecule has 0 aromatic carbocycles. The quantitative estimate of drug-likeness (QED) is 0.142. The molecule has 28 heavy (non-hydrogen) atoms. The van der Waals surface area contributed by atoms with Crippen molar-refractivity contribution in [3.8, 4) is 0 Å². The Morgan fingerprint density at radius 1 is 0.714 bits per heavy atom. The second-order valence-electron chi connectivity index (χ2n) is 7.21. The number of hydrogen-bond acceptors (Lipinski definition) is 6. The molecule has 0 bridgehead atoms. The van der Waals surface area contributed by atoms with Crippen LogP contribution in [0.3, 0.4) is 0 Å². The molecule has 0 aromatic heterocycles. The first-order valence-corrected chi connectivity index (χ1v) is 12.6. The first kappa shape index (κ1) is 27.3. The molecule has 0 unspecified atom stereocenters. The Morgan fingerprint density at radius 2 is 1.18 bits per heavy atom. The third kappa shape index (κ3) is 9.65. The predicted molar refractivity (Wildman–Crippen MR) is 115 cm³/mol. The highest BCUT2D eigenvalue weighted by atomic mass is 28.4. The molecule has 0 amide bonds. The van der Waals surface area contributed by atoms with Crippen LogP contribution in [-0.2, 0) is 22.9 Å². The van der Waals surface area contributed by atoms with E-state index in [0.717, 1.165) is 24.5 Å². The Bertz CT molecular complexity index is 430. The average Bonchev–Trinajstić information content (AvgIpc) is 2.72. The zero-order valence-electron chi connectivity index (χ0n) is 18.8. The molecule has 0 aromatic rings. The van der Waals surface area contributed by atoms with Crippen molar-refractivity contribution in [3.63, 3.8) is 0 Å². The van der Waals surface area contributed by atoms with E-state index in [0.29, 0.717) is 18.4 Å². The number of carbonyl (C=O) groups excluding carboxylic acids is 1. The van der Waals surface area contributed by atoms with E-state index in [9.17, 15) is 4.79 Å². The summed E-state index contributed by atoms with van der Waals surface area (Å²) in [5, 5.41) is 0.786. The molecule has 0 saturated carbocycles. The maximum atomic E-state index is 12.4. The number of hydrogen-bond donors (Lipinski definition) is 1. The Balaban J connectivity index is 4.79. The first-order chi connectivity index (χ1) is 13.6. The number of unbranched alkanes of at least 4 members (excludes halogenated alkanes) is 9. The van der Waals surface area contributed by atoms with Crippen LogP contribution in [0.2, 0.25) is 0 Å². The Hall–Kier alpha value is -0.733. The van der Waals surface area contributed by atoms with Gasteiger partial charge in [0.2, 0.25) is 0 Å². The lowest BCUT2D eigenvalue weighted by molar-refractivity contribution is -0.139. The lowest BCUT2D eigenvalue weighted by atomic mass is 10.0. The SMILES string of the molecule is CCCCCCCCCCCCC(C(=O)ON)=C(CCC)[Si](OC)(OC)OC. The van der Waals surface area contributed by atoms with E-state index in [1.165, 1.54) is 51.4 Å². The second-order valence-corrected chi connectivity index (χ2v) is 10.2. The molecule has 166 valence electrons. The molecule has 0 aliphatic carbocycles. The Morgan fingerprint density at radius 3 is 1.57 bits per heavy atom. The van der Waals surface area contributed by atoms with E-state index in [1.54, 1.807) is 21.3 Å². The van der Waals surface area contributed by atoms with Gasteiger partial charge in [0.1, 0.15) is 0 Å². The first-order valence-electron chi connectivity index (χ1n) is 10.9. The van der Waals surface area contributed by atoms with Crippen molar-refractivity contribution in [2.24, 2.45) is 5.90 Å². The molecule has 0 fully saturated rings. The lowest BCUT2D eigenvalue weighted by Crippen LogP contribution is -2.47. The van der Waals surface area contributed by atoms with Crippen molar-refractivity contribution in [3.05, 3.63) is 10.8 Å². The molecule has 0 heterocycles. The molecule has 2 N–H and O–H groups in total. The molecular formula is C21H43NO5Si. The maximum Gasteiger partial charge on any atom is 0.532 e. The van der Waals surface area contributed by atoms with Crippen molar-refractivity contribution in [1.82, 2.24) is 0 Å². The average molecular weight is 418 g/mol. The number of rotatable bonds is 18. The summed E-state index contributed by atoms with van der Waals surface area (Å²) in [6.07, 6.45) is 14.5. The van der Waals surface area contributed by atoms with Crippen LogP contribution in [0, 0.1) is 0 Å². The van der Waals surface area contributed by atoms with E-state index < -0.39 is 14.8 Å². The highest BCUT2D eigenvalue weighted by Crippen LogP contribution is 2.29. The molecule has 0 rings (SSSR count). The number of allylic oxidation sites excluding steroid dienone is 1. The molecule has 0 radical (unpaired) electrons. The van der Waals surface area contributed by atoms with Gasteiger partial charge < -0.3 is 18.1 Å². The summed E-state index contributed by atoms with van der Waals surface area (Å²) in [4.78, 5) is 16.9. The highest BCUT2D eigenvalue weighted by molar-refractivity contribution is 6.69. The fourth-order valence-corrected chi connectivity index (χ4v) is 5.99. The monoisotopic (exact) mass is 417 g/mol. The third-order valence-corrected chi connectivity index (χ3v) is 8.08. The minimum atomic E-state index is -3.08. The van der Waals surface area contributed by atoms with Crippen LogP contribution >= 0.6 is 0 Å². The minimum Gasteiger partial charge on any atom is -0.374 e. The van der Waals surface area contributed by atoms with Gasteiger partial charge in [0, 0.05) is 32.1 Å². The maximum absolute atomic E-state index is 12.4. The van der Waals surface area contributed by atoms with Gasteiger partial charge in [0.05, 0.1) is 0 Å². The number of nitrogens with two attached hydrogens (primary N) is 1. The van der Waals surface area contributed by atoms with Crippen molar-refractivity contribution in [2.75, 3.05) is 21.3 Å². The summed E-state index contributed by atoms with van der Waals surface area (Å²) in [5.41, 5.74) is 0.557. The predicted octanol–water partition coefficient (Wildman–Crippen LogP) is 5.23. The van der Waals surface area contributed by atoms with Gasteiger partial charge in [0.15, 0.2) is 0 Å². The summed E-state index contributed by atoms with van der Waals surface area (Å²) in [6, 6.07) is 0. The van der Waals surface area contributed by atoms with Gasteiger partial charge in [-0.05, 0) is 19.3 Å². The number of carbonyl (C=O) groups is 1. The molecule has 6 nitrogen and oxygen atoms in total. The summed E-state index contributed by atoms with van der Waals surface area (Å²) in [6.45, 7) is 4.29. The van der Waals surface area contributed by atoms with Gasteiger partial charge in [-0.1, -0.05) is 78.1 Å². The largest absolute Gasteiger partial charge is 0.532 e. The fourth-order valence-electron chi connectivity index (χ4n) is 3.59. The van der Waals surface area contributed by atoms with Crippen LogP contribution in [0.5, 0.6) is 0 Å². The van der Waals surface area contributed by atoms with Crippen LogP contribution in [0.15, 0.2) is 10.8 Å². The van der Waals surface area contributed by atoms with Crippen LogP contribution in [0.25, 0.3) is 0 Å². The van der Waals surface area contributed by atoms with Crippen LogP contribution < -0.4 is 5.90 Å². The molecule has 7 heteroatoms.